The Morgan fingerprint density at radius 1 is 0.921 bits per heavy atom. The van der Waals surface area contributed by atoms with Crippen LogP contribution < -0.4 is 14.9 Å². The molecule has 0 aliphatic rings. The van der Waals surface area contributed by atoms with E-state index in [1.54, 1.807) is 48.5 Å². The van der Waals surface area contributed by atoms with Gasteiger partial charge in [-0.05, 0) is 42.5 Å². The molecule has 0 atom stereocenters. The molecule has 0 bridgehead atoms. The SMILES string of the molecule is COc1ccccc1NS(=O)(=O)c1cc([N+](=O)[O-])ccc1N/N=C(\C(=O)c1ccccn1)c1ccccn1. The number of hydrogen-bond donors (Lipinski definition) is 2. The summed E-state index contributed by atoms with van der Waals surface area (Å²) < 4.78 is 34.3. The van der Waals surface area contributed by atoms with Gasteiger partial charge in [0.15, 0.2) is 5.71 Å². The number of carbonyl (C=O) groups excluding carboxylic acids is 1. The summed E-state index contributed by atoms with van der Waals surface area (Å²) in [5, 5.41) is 15.6. The lowest BCUT2D eigenvalue weighted by Crippen LogP contribution is -2.20. The van der Waals surface area contributed by atoms with Crippen molar-refractivity contribution in [2.24, 2.45) is 5.10 Å². The maximum atomic E-state index is 13.4. The third kappa shape index (κ3) is 5.79. The Kier molecular flexibility index (Phi) is 7.68. The van der Waals surface area contributed by atoms with Gasteiger partial charge in [-0.1, -0.05) is 24.3 Å². The summed E-state index contributed by atoms with van der Waals surface area (Å²) >= 11 is 0. The number of anilines is 2. The molecule has 2 N–H and O–H groups in total. The van der Waals surface area contributed by atoms with Crippen LogP contribution >= 0.6 is 0 Å². The van der Waals surface area contributed by atoms with E-state index in [9.17, 15) is 23.3 Å². The van der Waals surface area contributed by atoms with Gasteiger partial charge < -0.3 is 4.74 Å². The van der Waals surface area contributed by atoms with Crippen LogP contribution in [0.15, 0.2) is 101 Å². The Balaban J connectivity index is 1.78. The first-order chi connectivity index (χ1) is 18.3. The van der Waals surface area contributed by atoms with Gasteiger partial charge >= 0.3 is 0 Å². The lowest BCUT2D eigenvalue weighted by atomic mass is 10.1. The van der Waals surface area contributed by atoms with Crippen molar-refractivity contribution >= 4 is 38.6 Å². The van der Waals surface area contributed by atoms with Crippen LogP contribution in [0.3, 0.4) is 0 Å². The van der Waals surface area contributed by atoms with Gasteiger partial charge in [-0.2, -0.15) is 5.10 Å². The number of sulfonamides is 1. The molecule has 4 aromatic rings. The molecule has 13 heteroatoms. The maximum Gasteiger partial charge on any atom is 0.270 e. The largest absolute Gasteiger partial charge is 0.495 e. The second-order valence-electron chi connectivity index (χ2n) is 7.57. The number of para-hydroxylation sites is 2. The molecule has 0 radical (unpaired) electrons. The quantitative estimate of drug-likeness (QED) is 0.133. The number of methoxy groups -OCH3 is 1. The Labute approximate surface area is 217 Å². The smallest absolute Gasteiger partial charge is 0.270 e. The van der Waals surface area contributed by atoms with Crippen molar-refractivity contribution in [3.8, 4) is 5.75 Å². The Morgan fingerprint density at radius 2 is 1.58 bits per heavy atom. The fourth-order valence-corrected chi connectivity index (χ4v) is 4.58. The number of hydrazone groups is 1. The molecule has 38 heavy (non-hydrogen) atoms. The van der Waals surface area contributed by atoms with Crippen LogP contribution in [0.25, 0.3) is 0 Å². The average Bonchev–Trinajstić information content (AvgIpc) is 2.94. The van der Waals surface area contributed by atoms with E-state index in [0.717, 1.165) is 12.1 Å². The summed E-state index contributed by atoms with van der Waals surface area (Å²) in [6.07, 6.45) is 2.91. The minimum atomic E-state index is -4.40. The van der Waals surface area contributed by atoms with Gasteiger partial charge in [0, 0.05) is 24.5 Å². The van der Waals surface area contributed by atoms with Gasteiger partial charge in [-0.25, -0.2) is 8.42 Å². The van der Waals surface area contributed by atoms with E-state index in [4.69, 9.17) is 4.74 Å². The van der Waals surface area contributed by atoms with Crippen LogP contribution in [0.2, 0.25) is 0 Å². The summed E-state index contributed by atoms with van der Waals surface area (Å²) in [5.74, 6) is -0.331. The number of hydrogen-bond acceptors (Lipinski definition) is 10. The topological polar surface area (TPSA) is 166 Å². The van der Waals surface area contributed by atoms with E-state index < -0.39 is 31.3 Å². The molecular weight excluding hydrogens is 512 g/mol. The summed E-state index contributed by atoms with van der Waals surface area (Å²) in [4.78, 5) is 31.6. The summed E-state index contributed by atoms with van der Waals surface area (Å²) in [7, 11) is -3.02. The third-order valence-corrected chi connectivity index (χ3v) is 6.53. The van der Waals surface area contributed by atoms with E-state index in [2.05, 4.69) is 25.2 Å². The molecule has 0 aliphatic heterocycles. The zero-order chi connectivity index (χ0) is 27.1. The van der Waals surface area contributed by atoms with E-state index in [1.165, 1.54) is 37.7 Å². The van der Waals surface area contributed by atoms with Crippen molar-refractivity contribution < 1.29 is 22.9 Å². The fourth-order valence-electron chi connectivity index (χ4n) is 3.33. The van der Waals surface area contributed by atoms with Crippen molar-refractivity contribution in [3.05, 3.63) is 113 Å². The number of nitrogens with one attached hydrogen (secondary N) is 2. The van der Waals surface area contributed by atoms with Gasteiger partial charge in [-0.15, -0.1) is 0 Å². The van der Waals surface area contributed by atoms with E-state index in [0.29, 0.717) is 0 Å². The zero-order valence-corrected chi connectivity index (χ0v) is 20.6. The second kappa shape index (κ2) is 11.3. The molecule has 2 aromatic heterocycles. The number of nitro benzene ring substituents is 1. The maximum absolute atomic E-state index is 13.4. The first-order valence-corrected chi connectivity index (χ1v) is 12.4. The number of ketones is 1. The molecule has 0 saturated heterocycles. The highest BCUT2D eigenvalue weighted by atomic mass is 32.2. The lowest BCUT2D eigenvalue weighted by Gasteiger charge is -2.14. The first kappa shape index (κ1) is 25.9. The number of non-ortho nitro benzene ring substituents is 1. The molecule has 0 spiro atoms. The number of nitro groups is 1. The molecule has 2 aromatic carbocycles. The molecule has 12 nitrogen and oxygen atoms in total. The predicted molar refractivity (Wildman–Crippen MR) is 140 cm³/mol. The highest BCUT2D eigenvalue weighted by Crippen LogP contribution is 2.31. The second-order valence-corrected chi connectivity index (χ2v) is 9.23. The molecule has 0 fully saturated rings. The molecule has 0 saturated carbocycles. The number of carbonyl (C=O) groups is 1. The number of ether oxygens (including phenoxy) is 1. The van der Waals surface area contributed by atoms with E-state index >= 15 is 0 Å². The van der Waals surface area contributed by atoms with Gasteiger partial charge in [0.25, 0.3) is 15.7 Å². The highest BCUT2D eigenvalue weighted by molar-refractivity contribution is 7.93. The van der Waals surface area contributed by atoms with Crippen LogP contribution in [0.5, 0.6) is 5.75 Å². The first-order valence-electron chi connectivity index (χ1n) is 11.0. The van der Waals surface area contributed by atoms with Crippen molar-refractivity contribution in [2.45, 2.75) is 4.90 Å². The number of nitrogens with zero attached hydrogens (tertiary/aromatic N) is 4. The number of Topliss-reactive ketones (excluding diaryl/α,β-unsaturated/α-hetero) is 1. The lowest BCUT2D eigenvalue weighted by molar-refractivity contribution is -0.385. The summed E-state index contributed by atoms with van der Waals surface area (Å²) in [6, 6.07) is 19.1. The van der Waals surface area contributed by atoms with E-state index in [1.807, 2.05) is 0 Å². The van der Waals surface area contributed by atoms with Gasteiger partial charge in [0.05, 0.1) is 29.1 Å². The molecule has 0 amide bonds. The van der Waals surface area contributed by atoms with E-state index in [-0.39, 0.29) is 34.2 Å². The fraction of sp³-hybridized carbons (Fsp3) is 0.0400. The van der Waals surface area contributed by atoms with Crippen molar-refractivity contribution in [1.82, 2.24) is 9.97 Å². The number of rotatable bonds is 10. The molecular formula is C25H20N6O6S. The van der Waals surface area contributed by atoms with Crippen LogP contribution in [0.4, 0.5) is 17.1 Å². The van der Waals surface area contributed by atoms with Crippen LogP contribution in [0.1, 0.15) is 16.2 Å². The molecule has 192 valence electrons. The molecule has 0 unspecified atom stereocenters. The highest BCUT2D eigenvalue weighted by Gasteiger charge is 2.25. The van der Waals surface area contributed by atoms with Gasteiger partial charge in [0.2, 0.25) is 5.78 Å². The number of aromatic nitrogens is 2. The normalized spacial score (nSPS) is 11.4. The van der Waals surface area contributed by atoms with Crippen LogP contribution in [-0.4, -0.2) is 41.9 Å². The Bertz CT molecular complexity index is 1610. The Morgan fingerprint density at radius 3 is 2.21 bits per heavy atom. The van der Waals surface area contributed by atoms with Crippen LogP contribution in [0, 0.1) is 10.1 Å². The Hall–Kier alpha value is -5.17. The zero-order valence-electron chi connectivity index (χ0n) is 19.8. The molecule has 0 aliphatic carbocycles. The van der Waals surface area contributed by atoms with Gasteiger partial charge in [0.1, 0.15) is 16.3 Å². The predicted octanol–water partition coefficient (Wildman–Crippen LogP) is 3.89. The van der Waals surface area contributed by atoms with Crippen molar-refractivity contribution in [3.63, 3.8) is 0 Å². The standard InChI is InChI=1S/C25H20N6O6S/c1-37-22-11-3-2-8-18(22)30-38(35,36)23-16-17(31(33)34)12-13-19(23)28-29-24(20-9-4-6-14-26-20)25(32)21-10-5-7-15-27-21/h2-16,28,30H,1H3/b29-24-. The average molecular weight is 533 g/mol. The summed E-state index contributed by atoms with van der Waals surface area (Å²) in [6.45, 7) is 0. The molecule has 4 rings (SSSR count). The van der Waals surface area contributed by atoms with Crippen molar-refractivity contribution in [1.29, 1.82) is 0 Å². The van der Waals surface area contributed by atoms with Gasteiger partial charge in [-0.3, -0.25) is 35.0 Å². The van der Waals surface area contributed by atoms with Crippen molar-refractivity contribution in [2.75, 3.05) is 17.3 Å². The third-order valence-electron chi connectivity index (χ3n) is 5.13. The van der Waals surface area contributed by atoms with Crippen LogP contribution in [-0.2, 0) is 10.0 Å². The number of benzene rings is 2. The number of pyridine rings is 2. The molecule has 2 heterocycles. The minimum Gasteiger partial charge on any atom is -0.495 e. The monoisotopic (exact) mass is 532 g/mol. The summed E-state index contributed by atoms with van der Waals surface area (Å²) in [5.41, 5.74) is 2.25. The minimum absolute atomic E-state index is 0.0908.